The summed E-state index contributed by atoms with van der Waals surface area (Å²) in [7, 11) is 0. The molecule has 0 fully saturated rings. The zero-order valence-corrected chi connectivity index (χ0v) is 21.1. The Morgan fingerprint density at radius 1 is 1.21 bits per heavy atom. The SMILES string of the molecule is CC(C)(CC/C=C/C(=O)O)[C@H](OC(=O)Nc1ccc2c(c1)OCO2)c1cc(Br)cc(Br)c1O. The number of fused-ring (bicyclic) bond motifs is 1. The highest BCUT2D eigenvalue weighted by atomic mass is 79.9. The van der Waals surface area contributed by atoms with Gasteiger partial charge in [-0.15, -0.1) is 0 Å². The summed E-state index contributed by atoms with van der Waals surface area (Å²) in [4.78, 5) is 23.6. The van der Waals surface area contributed by atoms with Gasteiger partial charge in [0.2, 0.25) is 6.79 Å². The zero-order valence-electron chi connectivity index (χ0n) is 17.9. The second-order valence-electron chi connectivity index (χ2n) is 8.07. The van der Waals surface area contributed by atoms with E-state index in [1.807, 2.05) is 13.8 Å². The molecule has 1 aliphatic rings. The molecule has 0 saturated carbocycles. The average molecular weight is 585 g/mol. The highest BCUT2D eigenvalue weighted by Crippen LogP contribution is 2.46. The number of carboxylic acids is 1. The number of nitrogens with one attached hydrogen (secondary N) is 1. The molecular weight excluding hydrogens is 562 g/mol. The second-order valence-corrected chi connectivity index (χ2v) is 9.84. The Morgan fingerprint density at radius 2 is 1.94 bits per heavy atom. The highest BCUT2D eigenvalue weighted by Gasteiger charge is 2.36. The Kier molecular flexibility index (Phi) is 7.91. The predicted molar refractivity (Wildman–Crippen MR) is 129 cm³/mol. The third kappa shape index (κ3) is 6.42. The number of allylic oxidation sites excluding steroid dienone is 1. The molecular formula is C23H23Br2NO7. The van der Waals surface area contributed by atoms with Gasteiger partial charge in [0, 0.05) is 33.3 Å². The van der Waals surface area contributed by atoms with Crippen LogP contribution in [0.1, 0.15) is 38.4 Å². The van der Waals surface area contributed by atoms with E-state index in [0.29, 0.717) is 44.5 Å². The van der Waals surface area contributed by atoms with Crippen LogP contribution in [0.2, 0.25) is 0 Å². The third-order valence-corrected chi connectivity index (χ3v) is 6.17. The Labute approximate surface area is 207 Å². The van der Waals surface area contributed by atoms with Crippen molar-refractivity contribution in [1.29, 1.82) is 0 Å². The van der Waals surface area contributed by atoms with Gasteiger partial charge in [0.1, 0.15) is 11.9 Å². The number of carbonyl (C=O) groups is 2. The van der Waals surface area contributed by atoms with E-state index in [4.69, 9.17) is 19.3 Å². The van der Waals surface area contributed by atoms with Gasteiger partial charge in [-0.05, 0) is 53.0 Å². The summed E-state index contributed by atoms with van der Waals surface area (Å²) in [6.07, 6.45) is 1.99. The van der Waals surface area contributed by atoms with Crippen molar-refractivity contribution in [2.75, 3.05) is 12.1 Å². The molecule has 3 rings (SSSR count). The van der Waals surface area contributed by atoms with Crippen molar-refractivity contribution in [2.24, 2.45) is 5.41 Å². The molecule has 8 nitrogen and oxygen atoms in total. The monoisotopic (exact) mass is 583 g/mol. The minimum absolute atomic E-state index is 0.0479. The number of hydrogen-bond donors (Lipinski definition) is 3. The number of phenols is 1. The lowest BCUT2D eigenvalue weighted by molar-refractivity contribution is -0.131. The first-order chi connectivity index (χ1) is 15.6. The quantitative estimate of drug-likeness (QED) is 0.308. The fourth-order valence-corrected chi connectivity index (χ4v) is 4.69. The van der Waals surface area contributed by atoms with Crippen LogP contribution in [0.4, 0.5) is 10.5 Å². The summed E-state index contributed by atoms with van der Waals surface area (Å²) in [6, 6.07) is 8.36. The van der Waals surface area contributed by atoms with Gasteiger partial charge in [-0.25, -0.2) is 9.59 Å². The number of carbonyl (C=O) groups excluding carboxylic acids is 1. The van der Waals surface area contributed by atoms with Gasteiger partial charge >= 0.3 is 12.1 Å². The van der Waals surface area contributed by atoms with Crippen molar-refractivity contribution < 1.29 is 34.0 Å². The molecule has 1 amide bonds. The Morgan fingerprint density at radius 3 is 2.67 bits per heavy atom. The number of ether oxygens (including phenoxy) is 3. The number of amides is 1. The minimum atomic E-state index is -1.03. The van der Waals surface area contributed by atoms with Crippen LogP contribution in [0.15, 0.2) is 51.4 Å². The summed E-state index contributed by atoms with van der Waals surface area (Å²) in [6.45, 7) is 3.88. The molecule has 1 heterocycles. The highest BCUT2D eigenvalue weighted by molar-refractivity contribution is 9.11. The lowest BCUT2D eigenvalue weighted by Crippen LogP contribution is -2.29. The van der Waals surface area contributed by atoms with Crippen molar-refractivity contribution >= 4 is 49.6 Å². The summed E-state index contributed by atoms with van der Waals surface area (Å²) in [5.74, 6) is 0.0280. The largest absolute Gasteiger partial charge is 0.506 e. The van der Waals surface area contributed by atoms with Crippen molar-refractivity contribution in [1.82, 2.24) is 0 Å². The van der Waals surface area contributed by atoms with E-state index >= 15 is 0 Å². The van der Waals surface area contributed by atoms with Gasteiger partial charge in [0.15, 0.2) is 11.5 Å². The van der Waals surface area contributed by atoms with Crippen LogP contribution in [0.5, 0.6) is 17.2 Å². The molecule has 0 radical (unpaired) electrons. The second kappa shape index (κ2) is 10.5. The number of aromatic hydroxyl groups is 1. The first kappa shape index (κ1) is 24.9. The van der Waals surface area contributed by atoms with E-state index in [9.17, 15) is 14.7 Å². The van der Waals surface area contributed by atoms with E-state index in [0.717, 1.165) is 6.08 Å². The minimum Gasteiger partial charge on any atom is -0.506 e. The van der Waals surface area contributed by atoms with Crippen molar-refractivity contribution in [2.45, 2.75) is 32.8 Å². The lowest BCUT2D eigenvalue weighted by Gasteiger charge is -2.34. The van der Waals surface area contributed by atoms with Gasteiger partial charge in [0.05, 0.1) is 4.47 Å². The zero-order chi connectivity index (χ0) is 24.2. The molecule has 1 aliphatic heterocycles. The molecule has 2 aromatic rings. The molecule has 33 heavy (non-hydrogen) atoms. The Hall–Kier alpha value is -2.72. The molecule has 10 heteroatoms. The summed E-state index contributed by atoms with van der Waals surface area (Å²) < 4.78 is 17.6. The van der Waals surface area contributed by atoms with E-state index in [1.54, 1.807) is 36.4 Å². The van der Waals surface area contributed by atoms with Crippen LogP contribution < -0.4 is 14.8 Å². The van der Waals surface area contributed by atoms with Crippen LogP contribution in [-0.4, -0.2) is 29.1 Å². The molecule has 0 spiro atoms. The van der Waals surface area contributed by atoms with Crippen LogP contribution in [0.25, 0.3) is 0 Å². The van der Waals surface area contributed by atoms with Gasteiger partial charge in [-0.2, -0.15) is 0 Å². The lowest BCUT2D eigenvalue weighted by atomic mass is 9.78. The molecule has 0 saturated heterocycles. The van der Waals surface area contributed by atoms with Crippen molar-refractivity contribution in [3.8, 4) is 17.2 Å². The van der Waals surface area contributed by atoms with Crippen molar-refractivity contribution in [3.63, 3.8) is 0 Å². The maximum atomic E-state index is 12.8. The molecule has 0 bridgehead atoms. The standard InChI is InChI=1S/C23H23Br2NO7/c1-23(2,8-4-3-5-19(27)28)21(15-9-13(24)10-16(25)20(15)29)33-22(30)26-14-6-7-17-18(11-14)32-12-31-17/h3,5-7,9-11,21,29H,4,8,12H2,1-2H3,(H,26,30)(H,27,28)/b5-3+/t21-/m1/s1. The van der Waals surface area contributed by atoms with E-state index < -0.39 is 23.6 Å². The summed E-state index contributed by atoms with van der Waals surface area (Å²) in [5.41, 5.74) is 0.210. The number of aliphatic carboxylic acids is 1. The molecule has 3 N–H and O–H groups in total. The van der Waals surface area contributed by atoms with Gasteiger partial charge in [-0.1, -0.05) is 35.9 Å². The van der Waals surface area contributed by atoms with Gasteiger partial charge in [-0.3, -0.25) is 5.32 Å². The molecule has 176 valence electrons. The Balaban J connectivity index is 1.85. The maximum absolute atomic E-state index is 12.8. The molecule has 0 unspecified atom stereocenters. The molecule has 0 aliphatic carbocycles. The number of phenolic OH excluding ortho intramolecular Hbond substituents is 1. The van der Waals surface area contributed by atoms with E-state index in [2.05, 4.69) is 37.2 Å². The first-order valence-electron chi connectivity index (χ1n) is 10.0. The first-order valence-corrected chi connectivity index (χ1v) is 11.6. The fourth-order valence-electron chi connectivity index (χ4n) is 3.43. The number of benzene rings is 2. The number of rotatable bonds is 8. The summed E-state index contributed by atoms with van der Waals surface area (Å²) >= 11 is 6.73. The van der Waals surface area contributed by atoms with E-state index in [-0.39, 0.29) is 12.5 Å². The maximum Gasteiger partial charge on any atom is 0.412 e. The van der Waals surface area contributed by atoms with Gasteiger partial charge < -0.3 is 24.4 Å². The molecule has 1 atom stereocenters. The smallest absolute Gasteiger partial charge is 0.412 e. The van der Waals surface area contributed by atoms with Crippen LogP contribution in [-0.2, 0) is 9.53 Å². The fraction of sp³-hybridized carbons (Fsp3) is 0.304. The van der Waals surface area contributed by atoms with Gasteiger partial charge in [0.25, 0.3) is 0 Å². The van der Waals surface area contributed by atoms with Crippen LogP contribution in [0.3, 0.4) is 0 Å². The predicted octanol–water partition coefficient (Wildman–Crippen LogP) is 6.38. The topological polar surface area (TPSA) is 114 Å². The number of anilines is 1. The Bertz CT molecular complexity index is 1080. The number of halogens is 2. The molecule has 2 aromatic carbocycles. The normalized spacial score (nSPS) is 13.7. The number of hydrogen-bond acceptors (Lipinski definition) is 6. The van der Waals surface area contributed by atoms with E-state index in [1.165, 1.54) is 0 Å². The van der Waals surface area contributed by atoms with Crippen LogP contribution >= 0.6 is 31.9 Å². The van der Waals surface area contributed by atoms with Crippen LogP contribution in [0, 0.1) is 5.41 Å². The average Bonchev–Trinajstić information content (AvgIpc) is 3.20. The van der Waals surface area contributed by atoms with Crippen molar-refractivity contribution in [3.05, 3.63) is 57.0 Å². The summed E-state index contributed by atoms with van der Waals surface area (Å²) in [5, 5.41) is 22.2. The molecule has 0 aromatic heterocycles. The number of carboxylic acid groups (broad SMARTS) is 1. The third-order valence-electron chi connectivity index (χ3n) is 5.11.